The third-order valence-electron chi connectivity index (χ3n) is 5.05. The minimum absolute atomic E-state index is 0.0586. The summed E-state index contributed by atoms with van der Waals surface area (Å²) in [6.45, 7) is 0.0586. The summed E-state index contributed by atoms with van der Waals surface area (Å²) in [6.07, 6.45) is 2.84. The Morgan fingerprint density at radius 3 is 2.81 bits per heavy atom. The second kappa shape index (κ2) is 7.04. The van der Waals surface area contributed by atoms with Crippen LogP contribution in [-0.2, 0) is 22.4 Å². The molecule has 3 heterocycles. The average molecular weight is 383 g/mol. The lowest BCUT2D eigenvalue weighted by atomic mass is 9.97. The summed E-state index contributed by atoms with van der Waals surface area (Å²) in [7, 11) is 1.68. The van der Waals surface area contributed by atoms with E-state index in [9.17, 15) is 9.59 Å². The molecular weight excluding hydrogens is 364 g/mol. The van der Waals surface area contributed by atoms with E-state index < -0.39 is 6.04 Å². The topological polar surface area (TPSA) is 78.1 Å². The molecule has 2 aromatic heterocycles. The lowest BCUT2D eigenvalue weighted by molar-refractivity contribution is -0.143. The number of halogens is 1. The second-order valence-electron chi connectivity index (χ2n) is 6.74. The molecule has 1 fully saturated rings. The van der Waals surface area contributed by atoms with Crippen LogP contribution in [0.4, 0.5) is 0 Å². The Morgan fingerprint density at radius 2 is 2.04 bits per heavy atom. The number of aromatic nitrogens is 2. The number of fused-ring (bicyclic) bond motifs is 1. The number of nitrogens with zero attached hydrogens (tertiary/aromatic N) is 2. The Hall–Kier alpha value is -2.86. The molecule has 0 spiro atoms. The third-order valence-corrected chi connectivity index (χ3v) is 5.27. The molecule has 1 aliphatic rings. The van der Waals surface area contributed by atoms with Crippen LogP contribution in [0, 0.1) is 0 Å². The highest BCUT2D eigenvalue weighted by atomic mass is 35.5. The molecule has 0 saturated carbocycles. The third kappa shape index (κ3) is 3.40. The van der Waals surface area contributed by atoms with E-state index in [0.717, 1.165) is 27.7 Å². The standard InChI is InChI=1S/C20H19ClN4O2/c1-25-17(20(27)23-11-19(25)26)9-14-13-4-2-3-5-15(13)24-16(14)8-12-6-7-18(21)22-10-12/h2-7,10,17,24H,8-9,11H2,1H3,(H,23,27)/t17-/m1/s1. The number of likely N-dealkylation sites (N-methyl/N-ethyl adjacent to an activating group) is 1. The van der Waals surface area contributed by atoms with Crippen LogP contribution in [0.1, 0.15) is 16.8 Å². The molecule has 2 N–H and O–H groups in total. The van der Waals surface area contributed by atoms with E-state index in [2.05, 4.69) is 15.3 Å². The summed E-state index contributed by atoms with van der Waals surface area (Å²) in [6, 6.07) is 11.2. The molecule has 0 radical (unpaired) electrons. The minimum atomic E-state index is -0.521. The molecule has 7 heteroatoms. The number of carbonyl (C=O) groups excluding carboxylic acids is 2. The Kier molecular flexibility index (Phi) is 4.58. The molecule has 4 rings (SSSR count). The highest BCUT2D eigenvalue weighted by Crippen LogP contribution is 2.27. The van der Waals surface area contributed by atoms with Gasteiger partial charge in [0.25, 0.3) is 0 Å². The van der Waals surface area contributed by atoms with E-state index in [1.165, 1.54) is 4.90 Å². The Bertz CT molecular complexity index is 1010. The van der Waals surface area contributed by atoms with Crippen molar-refractivity contribution in [2.75, 3.05) is 13.6 Å². The molecule has 1 aromatic carbocycles. The van der Waals surface area contributed by atoms with E-state index in [1.54, 1.807) is 19.3 Å². The summed E-state index contributed by atoms with van der Waals surface area (Å²) in [5, 5.41) is 4.20. The maximum atomic E-state index is 12.4. The van der Waals surface area contributed by atoms with Crippen LogP contribution < -0.4 is 5.32 Å². The summed E-state index contributed by atoms with van der Waals surface area (Å²) in [5.41, 5.74) is 4.08. The Balaban J connectivity index is 1.72. The zero-order valence-electron chi connectivity index (χ0n) is 14.8. The van der Waals surface area contributed by atoms with Gasteiger partial charge in [0.1, 0.15) is 11.2 Å². The number of hydrogen-bond acceptors (Lipinski definition) is 3. The lowest BCUT2D eigenvalue weighted by Gasteiger charge is -2.32. The zero-order valence-corrected chi connectivity index (χ0v) is 15.6. The molecule has 1 atom stereocenters. The molecule has 2 amide bonds. The molecule has 138 valence electrons. The fourth-order valence-corrected chi connectivity index (χ4v) is 3.64. The normalized spacial score (nSPS) is 17.4. The van der Waals surface area contributed by atoms with Gasteiger partial charge < -0.3 is 15.2 Å². The highest BCUT2D eigenvalue weighted by Gasteiger charge is 2.33. The monoisotopic (exact) mass is 382 g/mol. The number of pyridine rings is 1. The number of rotatable bonds is 4. The predicted molar refractivity (Wildman–Crippen MR) is 104 cm³/mol. The van der Waals surface area contributed by atoms with Gasteiger partial charge in [-0.25, -0.2) is 4.98 Å². The van der Waals surface area contributed by atoms with Crippen LogP contribution in [0.15, 0.2) is 42.6 Å². The fraction of sp³-hybridized carbons (Fsp3) is 0.250. The Morgan fingerprint density at radius 1 is 1.22 bits per heavy atom. The SMILES string of the molecule is CN1C(=O)CNC(=O)[C@H]1Cc1c(Cc2ccc(Cl)nc2)[nH]c2ccccc12. The van der Waals surface area contributed by atoms with Crippen LogP contribution in [0.25, 0.3) is 10.9 Å². The van der Waals surface area contributed by atoms with E-state index in [-0.39, 0.29) is 18.4 Å². The van der Waals surface area contributed by atoms with Gasteiger partial charge in [-0.05, 0) is 23.3 Å². The molecule has 0 bridgehead atoms. The number of hydrogen-bond donors (Lipinski definition) is 2. The van der Waals surface area contributed by atoms with Gasteiger partial charge in [0.15, 0.2) is 0 Å². The molecule has 6 nitrogen and oxygen atoms in total. The van der Waals surface area contributed by atoms with Crippen LogP contribution in [0.2, 0.25) is 5.15 Å². The zero-order chi connectivity index (χ0) is 19.0. The van der Waals surface area contributed by atoms with E-state index in [0.29, 0.717) is 18.0 Å². The molecular formula is C20H19ClN4O2. The minimum Gasteiger partial charge on any atom is -0.358 e. The number of amides is 2. The maximum absolute atomic E-state index is 12.4. The lowest BCUT2D eigenvalue weighted by Crippen LogP contribution is -2.57. The number of piperazine rings is 1. The van der Waals surface area contributed by atoms with Crippen molar-refractivity contribution in [2.24, 2.45) is 0 Å². The molecule has 0 unspecified atom stereocenters. The maximum Gasteiger partial charge on any atom is 0.243 e. The number of H-pyrrole nitrogens is 1. The van der Waals surface area contributed by atoms with Gasteiger partial charge >= 0.3 is 0 Å². The summed E-state index contributed by atoms with van der Waals surface area (Å²) >= 11 is 5.88. The fourth-order valence-electron chi connectivity index (χ4n) is 3.53. The first kappa shape index (κ1) is 17.5. The molecule has 0 aliphatic carbocycles. The number of benzene rings is 1. The highest BCUT2D eigenvalue weighted by molar-refractivity contribution is 6.29. The van der Waals surface area contributed by atoms with Gasteiger partial charge in [-0.2, -0.15) is 0 Å². The van der Waals surface area contributed by atoms with Crippen LogP contribution >= 0.6 is 11.6 Å². The van der Waals surface area contributed by atoms with Crippen LogP contribution in [-0.4, -0.2) is 46.3 Å². The van der Waals surface area contributed by atoms with Crippen molar-refractivity contribution in [3.63, 3.8) is 0 Å². The van der Waals surface area contributed by atoms with Crippen molar-refractivity contribution in [2.45, 2.75) is 18.9 Å². The van der Waals surface area contributed by atoms with Crippen molar-refractivity contribution in [3.05, 3.63) is 64.6 Å². The van der Waals surface area contributed by atoms with E-state index >= 15 is 0 Å². The van der Waals surface area contributed by atoms with Crippen molar-refractivity contribution in [1.82, 2.24) is 20.2 Å². The second-order valence-corrected chi connectivity index (χ2v) is 7.12. The van der Waals surface area contributed by atoms with Crippen molar-refractivity contribution in [3.8, 4) is 0 Å². The molecule has 3 aromatic rings. The van der Waals surface area contributed by atoms with Gasteiger partial charge in [-0.1, -0.05) is 35.9 Å². The van der Waals surface area contributed by atoms with Crippen molar-refractivity contribution >= 4 is 34.3 Å². The van der Waals surface area contributed by atoms with Crippen molar-refractivity contribution < 1.29 is 9.59 Å². The van der Waals surface area contributed by atoms with E-state index in [4.69, 9.17) is 11.6 Å². The smallest absolute Gasteiger partial charge is 0.243 e. The van der Waals surface area contributed by atoms with Gasteiger partial charge in [0, 0.05) is 42.7 Å². The number of para-hydroxylation sites is 1. The average Bonchev–Trinajstić information content (AvgIpc) is 3.01. The first-order valence-electron chi connectivity index (χ1n) is 8.75. The molecule has 1 saturated heterocycles. The van der Waals surface area contributed by atoms with Gasteiger partial charge in [-0.15, -0.1) is 0 Å². The number of nitrogens with one attached hydrogen (secondary N) is 2. The first-order valence-corrected chi connectivity index (χ1v) is 9.13. The summed E-state index contributed by atoms with van der Waals surface area (Å²) in [5.74, 6) is -0.204. The van der Waals surface area contributed by atoms with Crippen molar-refractivity contribution in [1.29, 1.82) is 0 Å². The van der Waals surface area contributed by atoms with E-state index in [1.807, 2.05) is 30.3 Å². The van der Waals surface area contributed by atoms with Gasteiger partial charge in [0.05, 0.1) is 6.54 Å². The number of aromatic amines is 1. The quantitative estimate of drug-likeness (QED) is 0.680. The van der Waals surface area contributed by atoms with Gasteiger partial charge in [-0.3, -0.25) is 9.59 Å². The summed E-state index contributed by atoms with van der Waals surface area (Å²) in [4.78, 5) is 33.6. The largest absolute Gasteiger partial charge is 0.358 e. The van der Waals surface area contributed by atoms with Crippen LogP contribution in [0.3, 0.4) is 0 Å². The summed E-state index contributed by atoms with van der Waals surface area (Å²) < 4.78 is 0. The number of carbonyl (C=O) groups is 2. The van der Waals surface area contributed by atoms with Crippen LogP contribution in [0.5, 0.6) is 0 Å². The first-order chi connectivity index (χ1) is 13.0. The molecule has 1 aliphatic heterocycles. The molecule has 27 heavy (non-hydrogen) atoms. The van der Waals surface area contributed by atoms with Gasteiger partial charge in [0.2, 0.25) is 11.8 Å². The predicted octanol–water partition coefficient (Wildman–Crippen LogP) is 2.31. The Labute approximate surface area is 161 Å².